The molecule has 2 rings (SSSR count). The molecular formula is C20H34CdO4. The molecule has 4 nitrogen and oxygen atoms in total. The van der Waals surface area contributed by atoms with Crippen molar-refractivity contribution in [1.29, 1.82) is 0 Å². The second-order valence-electron chi connectivity index (χ2n) is 9.01. The van der Waals surface area contributed by atoms with Crippen LogP contribution in [0.15, 0.2) is 0 Å². The molecule has 0 aromatic carbocycles. The van der Waals surface area contributed by atoms with Crippen LogP contribution in [0, 0.1) is 22.7 Å². The van der Waals surface area contributed by atoms with Crippen molar-refractivity contribution in [1.82, 2.24) is 0 Å². The number of rotatable bonds is 4. The summed E-state index contributed by atoms with van der Waals surface area (Å²) in [5.74, 6) is -1.13. The van der Waals surface area contributed by atoms with Crippen LogP contribution in [0.2, 0.25) is 0 Å². The number of hydrogen-bond acceptors (Lipinski definition) is 4. The zero-order valence-corrected chi connectivity index (χ0v) is 20.6. The van der Waals surface area contributed by atoms with Crippen molar-refractivity contribution in [2.45, 2.75) is 91.9 Å². The fraction of sp³-hybridized carbons (Fsp3) is 0.900. The first-order valence-corrected chi connectivity index (χ1v) is 9.44. The van der Waals surface area contributed by atoms with Crippen molar-refractivity contribution >= 4 is 11.9 Å². The minimum Gasteiger partial charge on any atom is -0.550 e. The molecule has 0 aliphatic heterocycles. The van der Waals surface area contributed by atoms with E-state index in [1.165, 1.54) is 25.7 Å². The SMILES string of the molecule is CC1(C)CCCCC1CC(=O)[O-].CC1(C)CCCCC1CC(=O)[O-].[Cd+2]. The first-order valence-electron chi connectivity index (χ1n) is 9.44. The van der Waals surface area contributed by atoms with Crippen LogP contribution in [0.1, 0.15) is 91.9 Å². The normalized spacial score (nSPS) is 27.2. The summed E-state index contributed by atoms with van der Waals surface area (Å²) < 4.78 is 0. The van der Waals surface area contributed by atoms with E-state index in [4.69, 9.17) is 0 Å². The van der Waals surface area contributed by atoms with Crippen molar-refractivity contribution in [3.8, 4) is 0 Å². The average molecular weight is 451 g/mol. The summed E-state index contributed by atoms with van der Waals surface area (Å²) in [5, 5.41) is 20.9. The van der Waals surface area contributed by atoms with Crippen LogP contribution in [0.3, 0.4) is 0 Å². The molecule has 0 aromatic heterocycles. The number of carbonyl (C=O) groups is 2. The summed E-state index contributed by atoms with van der Waals surface area (Å²) in [7, 11) is 0. The summed E-state index contributed by atoms with van der Waals surface area (Å²) in [5.41, 5.74) is 0.413. The van der Waals surface area contributed by atoms with E-state index in [-0.39, 0.29) is 51.0 Å². The largest absolute Gasteiger partial charge is 2.00 e. The van der Waals surface area contributed by atoms with Gasteiger partial charge in [0.2, 0.25) is 0 Å². The topological polar surface area (TPSA) is 80.3 Å². The quantitative estimate of drug-likeness (QED) is 0.617. The van der Waals surface area contributed by atoms with Gasteiger partial charge in [0, 0.05) is 11.9 Å². The Morgan fingerprint density at radius 2 is 1.08 bits per heavy atom. The van der Waals surface area contributed by atoms with Crippen LogP contribution in [-0.2, 0) is 36.9 Å². The van der Waals surface area contributed by atoms with E-state index in [1.807, 2.05) is 0 Å². The molecule has 2 atom stereocenters. The third kappa shape index (κ3) is 8.87. The molecule has 2 aliphatic carbocycles. The Morgan fingerprint density at radius 3 is 1.32 bits per heavy atom. The van der Waals surface area contributed by atoms with E-state index in [2.05, 4.69) is 27.7 Å². The van der Waals surface area contributed by atoms with Crippen LogP contribution >= 0.6 is 0 Å². The zero-order valence-electron chi connectivity index (χ0n) is 16.6. The van der Waals surface area contributed by atoms with E-state index in [9.17, 15) is 19.8 Å². The molecule has 25 heavy (non-hydrogen) atoms. The average Bonchev–Trinajstić information content (AvgIpc) is 2.43. The number of hydrogen-bond donors (Lipinski definition) is 0. The molecule has 140 valence electrons. The predicted molar refractivity (Wildman–Crippen MR) is 90.7 cm³/mol. The molecule has 0 spiro atoms. The van der Waals surface area contributed by atoms with Gasteiger partial charge in [-0.1, -0.05) is 53.4 Å². The Labute approximate surface area is 173 Å². The summed E-state index contributed by atoms with van der Waals surface area (Å²) in [6.07, 6.45) is 9.77. The monoisotopic (exact) mass is 452 g/mol. The van der Waals surface area contributed by atoms with Crippen LogP contribution in [0.4, 0.5) is 0 Å². The molecule has 0 radical (unpaired) electrons. The Morgan fingerprint density at radius 1 is 0.760 bits per heavy atom. The van der Waals surface area contributed by atoms with Gasteiger partial charge in [0.15, 0.2) is 0 Å². The molecule has 2 aliphatic rings. The van der Waals surface area contributed by atoms with Crippen LogP contribution in [0.25, 0.3) is 0 Å². The van der Waals surface area contributed by atoms with Crippen LogP contribution < -0.4 is 10.2 Å². The molecular weight excluding hydrogens is 417 g/mol. The summed E-state index contributed by atoms with van der Waals surface area (Å²) in [4.78, 5) is 20.9. The second kappa shape index (κ2) is 10.9. The van der Waals surface area contributed by atoms with Gasteiger partial charge in [-0.25, -0.2) is 0 Å². The summed E-state index contributed by atoms with van der Waals surface area (Å²) in [6.45, 7) is 8.67. The fourth-order valence-corrected chi connectivity index (χ4v) is 4.29. The minimum absolute atomic E-state index is 0. The number of carbonyl (C=O) groups excluding carboxylic acids is 2. The standard InChI is InChI=1S/2C10H18O2.Cd/c2*1-10(2)6-4-3-5-8(10)7-9(11)12;/h2*8H,3-7H2,1-2H3,(H,11,12);/q;;+2/p-2. The number of carboxylic acids is 2. The Kier molecular flexibility index (Phi) is 10.8. The number of aliphatic carboxylic acids is 2. The third-order valence-electron chi connectivity index (χ3n) is 6.28. The maximum absolute atomic E-state index is 10.4. The van der Waals surface area contributed by atoms with Crippen molar-refractivity contribution in [3.05, 3.63) is 0 Å². The van der Waals surface area contributed by atoms with Gasteiger partial charge in [-0.05, 0) is 61.2 Å². The maximum Gasteiger partial charge on any atom is 2.00 e. The van der Waals surface area contributed by atoms with Gasteiger partial charge in [0.25, 0.3) is 0 Å². The molecule has 5 heteroatoms. The second-order valence-corrected chi connectivity index (χ2v) is 9.01. The Hall–Kier alpha value is -0.138. The summed E-state index contributed by atoms with van der Waals surface area (Å²) >= 11 is 0. The van der Waals surface area contributed by atoms with Crippen LogP contribution in [0.5, 0.6) is 0 Å². The molecule has 0 aromatic rings. The Bertz CT molecular complexity index is 391. The van der Waals surface area contributed by atoms with Gasteiger partial charge in [0.05, 0.1) is 0 Å². The molecule has 0 heterocycles. The van der Waals surface area contributed by atoms with E-state index < -0.39 is 11.9 Å². The van der Waals surface area contributed by atoms with Gasteiger partial charge >= 0.3 is 27.3 Å². The van der Waals surface area contributed by atoms with Crippen molar-refractivity contribution in [2.24, 2.45) is 22.7 Å². The van der Waals surface area contributed by atoms with E-state index in [0.29, 0.717) is 11.8 Å². The molecule has 0 saturated heterocycles. The minimum atomic E-state index is -0.894. The van der Waals surface area contributed by atoms with Gasteiger partial charge in [-0.3, -0.25) is 0 Å². The predicted octanol–water partition coefficient (Wildman–Crippen LogP) is 2.68. The van der Waals surface area contributed by atoms with Crippen molar-refractivity contribution in [3.63, 3.8) is 0 Å². The van der Waals surface area contributed by atoms with Crippen molar-refractivity contribution < 1.29 is 47.1 Å². The van der Waals surface area contributed by atoms with Gasteiger partial charge in [0.1, 0.15) is 0 Å². The first-order chi connectivity index (χ1) is 11.0. The van der Waals surface area contributed by atoms with E-state index in [1.54, 1.807) is 0 Å². The summed E-state index contributed by atoms with van der Waals surface area (Å²) in [6, 6.07) is 0. The van der Waals surface area contributed by atoms with Crippen LogP contribution in [-0.4, -0.2) is 11.9 Å². The van der Waals surface area contributed by atoms with E-state index >= 15 is 0 Å². The van der Waals surface area contributed by atoms with E-state index in [0.717, 1.165) is 25.7 Å². The molecule has 2 saturated carbocycles. The molecule has 2 fully saturated rings. The number of carboxylic acid groups (broad SMARTS) is 2. The molecule has 2 unspecified atom stereocenters. The van der Waals surface area contributed by atoms with Gasteiger partial charge in [-0.15, -0.1) is 0 Å². The zero-order chi connectivity index (χ0) is 18.4. The smallest absolute Gasteiger partial charge is 0.550 e. The molecule has 0 bridgehead atoms. The fourth-order valence-electron chi connectivity index (χ4n) is 4.29. The van der Waals surface area contributed by atoms with Gasteiger partial charge in [-0.2, -0.15) is 0 Å². The maximum atomic E-state index is 10.4. The first kappa shape index (κ1) is 24.9. The third-order valence-corrected chi connectivity index (χ3v) is 6.28. The van der Waals surface area contributed by atoms with Gasteiger partial charge < -0.3 is 19.8 Å². The Balaban J connectivity index is 0.000000443. The van der Waals surface area contributed by atoms with Crippen molar-refractivity contribution in [2.75, 3.05) is 0 Å². The molecule has 0 amide bonds. The molecule has 0 N–H and O–H groups in total.